The van der Waals surface area contributed by atoms with E-state index in [1.807, 2.05) is 0 Å². The molecule has 0 aliphatic heterocycles. The van der Waals surface area contributed by atoms with E-state index < -0.39 is 21.8 Å². The monoisotopic (exact) mass is 363 g/mol. The molecule has 1 aromatic carbocycles. The van der Waals surface area contributed by atoms with E-state index in [1.54, 1.807) is 32.0 Å². The molecule has 0 amide bonds. The third kappa shape index (κ3) is 4.21. The summed E-state index contributed by atoms with van der Waals surface area (Å²) < 4.78 is 35.2. The van der Waals surface area contributed by atoms with E-state index in [1.165, 1.54) is 12.1 Å². The fourth-order valence-electron chi connectivity index (χ4n) is 2.02. The number of aromatic nitrogens is 1. The van der Waals surface area contributed by atoms with E-state index in [4.69, 9.17) is 9.47 Å². The first-order valence-corrected chi connectivity index (χ1v) is 9.05. The van der Waals surface area contributed by atoms with Gasteiger partial charge in [-0.05, 0) is 38.1 Å². The molecular formula is C17H17NO6S. The fourth-order valence-corrected chi connectivity index (χ4v) is 3.34. The number of esters is 2. The van der Waals surface area contributed by atoms with E-state index in [9.17, 15) is 18.0 Å². The number of ether oxygens (including phenoxy) is 2. The van der Waals surface area contributed by atoms with Crippen LogP contribution in [0.15, 0.2) is 52.3 Å². The van der Waals surface area contributed by atoms with E-state index in [0.29, 0.717) is 0 Å². The smallest absolute Gasteiger partial charge is 0.356 e. The van der Waals surface area contributed by atoms with Crippen molar-refractivity contribution in [3.8, 4) is 0 Å². The van der Waals surface area contributed by atoms with Crippen molar-refractivity contribution < 1.29 is 27.5 Å². The lowest BCUT2D eigenvalue weighted by molar-refractivity contribution is 0.0511. The van der Waals surface area contributed by atoms with Gasteiger partial charge in [0.15, 0.2) is 11.4 Å². The molecule has 8 heteroatoms. The Bertz CT molecular complexity index is 841. The van der Waals surface area contributed by atoms with Crippen LogP contribution in [0.25, 0.3) is 0 Å². The topological polar surface area (TPSA) is 99.6 Å². The molecule has 0 bridgehead atoms. The summed E-state index contributed by atoms with van der Waals surface area (Å²) in [6, 6.07) is 9.85. The van der Waals surface area contributed by atoms with Crippen LogP contribution in [0.5, 0.6) is 0 Å². The van der Waals surface area contributed by atoms with Gasteiger partial charge in [0.2, 0.25) is 9.84 Å². The Labute approximate surface area is 145 Å². The molecule has 7 nitrogen and oxygen atoms in total. The number of benzene rings is 1. The summed E-state index contributed by atoms with van der Waals surface area (Å²) in [5.41, 5.74) is -0.552. The van der Waals surface area contributed by atoms with E-state index >= 15 is 0 Å². The molecule has 0 N–H and O–H groups in total. The standard InChI is InChI=1S/C17H17NO6S/c1-3-23-16(19)14-10-13(11-15(18-14)17(20)24-4-2)25(21,22)12-8-6-5-7-9-12/h5-11H,3-4H2,1-2H3. The molecule has 0 fully saturated rings. The summed E-state index contributed by atoms with van der Waals surface area (Å²) in [7, 11) is -3.94. The second kappa shape index (κ2) is 7.89. The van der Waals surface area contributed by atoms with Crippen molar-refractivity contribution in [2.45, 2.75) is 23.6 Å². The molecule has 25 heavy (non-hydrogen) atoms. The highest BCUT2D eigenvalue weighted by Gasteiger charge is 2.24. The zero-order chi connectivity index (χ0) is 18.4. The van der Waals surface area contributed by atoms with Gasteiger partial charge in [-0.1, -0.05) is 18.2 Å². The van der Waals surface area contributed by atoms with Crippen molar-refractivity contribution in [1.82, 2.24) is 4.98 Å². The molecule has 0 aliphatic carbocycles. The Morgan fingerprint density at radius 2 is 1.36 bits per heavy atom. The first kappa shape index (κ1) is 18.6. The quantitative estimate of drug-likeness (QED) is 0.726. The van der Waals surface area contributed by atoms with Gasteiger partial charge in [0.1, 0.15) is 0 Å². The molecule has 0 radical (unpaired) electrons. The van der Waals surface area contributed by atoms with Crippen LogP contribution in [0.2, 0.25) is 0 Å². The fraction of sp³-hybridized carbons (Fsp3) is 0.235. The Kier molecular flexibility index (Phi) is 5.87. The van der Waals surface area contributed by atoms with Gasteiger partial charge >= 0.3 is 11.9 Å². The highest BCUT2D eigenvalue weighted by Crippen LogP contribution is 2.22. The molecule has 1 heterocycles. The maximum atomic E-state index is 12.8. The minimum Gasteiger partial charge on any atom is -0.461 e. The zero-order valence-electron chi connectivity index (χ0n) is 13.8. The largest absolute Gasteiger partial charge is 0.461 e. The van der Waals surface area contributed by atoms with Gasteiger partial charge in [-0.15, -0.1) is 0 Å². The van der Waals surface area contributed by atoms with Crippen molar-refractivity contribution >= 4 is 21.8 Å². The summed E-state index contributed by atoms with van der Waals surface area (Å²) in [5.74, 6) is -1.64. The van der Waals surface area contributed by atoms with Gasteiger partial charge in [0.05, 0.1) is 23.0 Å². The molecule has 0 aliphatic rings. The van der Waals surface area contributed by atoms with E-state index in [2.05, 4.69) is 4.98 Å². The molecule has 0 atom stereocenters. The van der Waals surface area contributed by atoms with Gasteiger partial charge in [-0.3, -0.25) is 0 Å². The molecular weight excluding hydrogens is 346 g/mol. The predicted octanol–water partition coefficient (Wildman–Crippen LogP) is 2.27. The highest BCUT2D eigenvalue weighted by molar-refractivity contribution is 7.91. The number of hydrogen-bond donors (Lipinski definition) is 0. The summed E-state index contributed by atoms with van der Waals surface area (Å²) in [4.78, 5) is 27.6. The van der Waals surface area contributed by atoms with Crippen LogP contribution in [-0.2, 0) is 19.3 Å². The van der Waals surface area contributed by atoms with Gasteiger partial charge in [-0.25, -0.2) is 23.0 Å². The van der Waals surface area contributed by atoms with Crippen molar-refractivity contribution in [2.75, 3.05) is 13.2 Å². The normalized spacial score (nSPS) is 11.0. The van der Waals surface area contributed by atoms with Crippen LogP contribution in [0.1, 0.15) is 34.8 Å². The van der Waals surface area contributed by atoms with Crippen molar-refractivity contribution in [3.05, 3.63) is 53.9 Å². The number of sulfone groups is 1. The predicted molar refractivity (Wildman–Crippen MR) is 88.0 cm³/mol. The van der Waals surface area contributed by atoms with E-state index in [0.717, 1.165) is 12.1 Å². The molecule has 2 rings (SSSR count). The van der Waals surface area contributed by atoms with Crippen LogP contribution in [0.4, 0.5) is 0 Å². The van der Waals surface area contributed by atoms with Crippen molar-refractivity contribution in [2.24, 2.45) is 0 Å². The Morgan fingerprint density at radius 3 is 1.80 bits per heavy atom. The lowest BCUT2D eigenvalue weighted by atomic mass is 10.3. The molecule has 2 aromatic rings. The lowest BCUT2D eigenvalue weighted by Gasteiger charge is -2.09. The van der Waals surface area contributed by atoms with Gasteiger partial charge in [0, 0.05) is 0 Å². The highest BCUT2D eigenvalue weighted by atomic mass is 32.2. The number of carbonyl (C=O) groups is 2. The van der Waals surface area contributed by atoms with Crippen LogP contribution >= 0.6 is 0 Å². The first-order chi connectivity index (χ1) is 11.9. The second-order valence-electron chi connectivity index (χ2n) is 4.83. The molecule has 0 saturated carbocycles. The zero-order valence-corrected chi connectivity index (χ0v) is 14.6. The Balaban J connectivity index is 2.60. The summed E-state index contributed by atoms with van der Waals surface area (Å²) in [6.07, 6.45) is 0. The number of nitrogens with zero attached hydrogens (tertiary/aromatic N) is 1. The van der Waals surface area contributed by atoms with Crippen LogP contribution in [0.3, 0.4) is 0 Å². The maximum Gasteiger partial charge on any atom is 0.356 e. The summed E-state index contributed by atoms with van der Waals surface area (Å²) in [5, 5.41) is 0. The average Bonchev–Trinajstić information content (AvgIpc) is 2.62. The molecule has 0 spiro atoms. The second-order valence-corrected chi connectivity index (χ2v) is 6.78. The Hall–Kier alpha value is -2.74. The Morgan fingerprint density at radius 1 is 0.880 bits per heavy atom. The minimum absolute atomic E-state index is 0.0332. The third-order valence-corrected chi connectivity index (χ3v) is 4.88. The first-order valence-electron chi connectivity index (χ1n) is 7.56. The molecule has 0 unspecified atom stereocenters. The minimum atomic E-state index is -3.94. The number of carbonyl (C=O) groups excluding carboxylic acids is 2. The maximum absolute atomic E-state index is 12.8. The van der Waals surface area contributed by atoms with Crippen LogP contribution in [-0.4, -0.2) is 38.6 Å². The van der Waals surface area contributed by atoms with Gasteiger partial charge in [-0.2, -0.15) is 0 Å². The average molecular weight is 363 g/mol. The molecule has 1 aromatic heterocycles. The lowest BCUT2D eigenvalue weighted by Crippen LogP contribution is -2.15. The van der Waals surface area contributed by atoms with Gasteiger partial charge in [0.25, 0.3) is 0 Å². The van der Waals surface area contributed by atoms with Crippen LogP contribution < -0.4 is 0 Å². The number of pyridine rings is 1. The van der Waals surface area contributed by atoms with Crippen molar-refractivity contribution in [3.63, 3.8) is 0 Å². The van der Waals surface area contributed by atoms with Crippen molar-refractivity contribution in [1.29, 1.82) is 0 Å². The van der Waals surface area contributed by atoms with Gasteiger partial charge < -0.3 is 9.47 Å². The SMILES string of the molecule is CCOC(=O)c1cc(S(=O)(=O)c2ccccc2)cc(C(=O)OCC)n1. The number of hydrogen-bond acceptors (Lipinski definition) is 7. The summed E-state index contributed by atoms with van der Waals surface area (Å²) in [6.45, 7) is 3.39. The third-order valence-electron chi connectivity index (χ3n) is 3.13. The molecule has 132 valence electrons. The summed E-state index contributed by atoms with van der Waals surface area (Å²) >= 11 is 0. The molecule has 0 saturated heterocycles. The van der Waals surface area contributed by atoms with Crippen LogP contribution in [0, 0.1) is 0 Å². The number of rotatable bonds is 6. The van der Waals surface area contributed by atoms with E-state index in [-0.39, 0.29) is 34.4 Å².